The van der Waals surface area contributed by atoms with Crippen LogP contribution in [0.5, 0.6) is 0 Å². The lowest BCUT2D eigenvalue weighted by atomic mass is 9.92. The summed E-state index contributed by atoms with van der Waals surface area (Å²) in [6, 6.07) is 1.24. The van der Waals surface area contributed by atoms with E-state index in [0.29, 0.717) is 25.9 Å². The molecule has 0 aliphatic carbocycles. The molecule has 1 unspecified atom stereocenters. The van der Waals surface area contributed by atoms with Gasteiger partial charge in [-0.3, -0.25) is 14.9 Å². The van der Waals surface area contributed by atoms with Gasteiger partial charge in [0.2, 0.25) is 0 Å². The van der Waals surface area contributed by atoms with Crippen LogP contribution in [-0.2, 0) is 0 Å². The third-order valence-corrected chi connectivity index (χ3v) is 3.84. The zero-order chi connectivity index (χ0) is 15.6. The number of rotatable bonds is 3. The summed E-state index contributed by atoms with van der Waals surface area (Å²) in [6.45, 7) is 2.66. The Hall–Kier alpha value is -2.22. The van der Waals surface area contributed by atoms with E-state index in [1.165, 1.54) is 6.07 Å². The van der Waals surface area contributed by atoms with Gasteiger partial charge in [-0.2, -0.15) is 0 Å². The zero-order valence-electron chi connectivity index (χ0n) is 11.7. The highest BCUT2D eigenvalue weighted by Gasteiger charge is 2.30. The SMILES string of the molecule is CC(O)C1CCN(C(=O)c2cc(N)ncc2[N+](=O)[O-])CC1. The number of aliphatic hydroxyl groups excluding tert-OH is 1. The monoisotopic (exact) mass is 294 g/mol. The summed E-state index contributed by atoms with van der Waals surface area (Å²) in [6.07, 6.45) is 1.95. The van der Waals surface area contributed by atoms with Crippen molar-refractivity contribution in [3.63, 3.8) is 0 Å². The molecule has 1 atom stereocenters. The number of carbonyl (C=O) groups excluding carboxylic acids is 1. The van der Waals surface area contributed by atoms with E-state index < -0.39 is 16.9 Å². The quantitative estimate of drug-likeness (QED) is 0.628. The van der Waals surface area contributed by atoms with E-state index in [1.54, 1.807) is 11.8 Å². The molecule has 0 bridgehead atoms. The number of nitro groups is 1. The van der Waals surface area contributed by atoms with E-state index in [1.807, 2.05) is 0 Å². The number of nitrogens with zero attached hydrogens (tertiary/aromatic N) is 3. The molecule has 8 heteroatoms. The summed E-state index contributed by atoms with van der Waals surface area (Å²) >= 11 is 0. The second-order valence-electron chi connectivity index (χ2n) is 5.25. The fourth-order valence-electron chi connectivity index (χ4n) is 2.54. The van der Waals surface area contributed by atoms with Gasteiger partial charge in [-0.25, -0.2) is 4.98 Å². The molecule has 0 saturated carbocycles. The molecule has 1 aliphatic heterocycles. The first-order valence-electron chi connectivity index (χ1n) is 6.77. The van der Waals surface area contributed by atoms with Crippen molar-refractivity contribution in [2.45, 2.75) is 25.9 Å². The summed E-state index contributed by atoms with van der Waals surface area (Å²) in [5.74, 6) is -0.186. The van der Waals surface area contributed by atoms with E-state index >= 15 is 0 Å². The number of anilines is 1. The maximum absolute atomic E-state index is 12.4. The summed E-state index contributed by atoms with van der Waals surface area (Å²) < 4.78 is 0. The van der Waals surface area contributed by atoms with E-state index in [9.17, 15) is 20.0 Å². The first kappa shape index (κ1) is 15.2. The third kappa shape index (κ3) is 3.27. The molecule has 1 aromatic rings. The largest absolute Gasteiger partial charge is 0.393 e. The van der Waals surface area contributed by atoms with Gasteiger partial charge >= 0.3 is 0 Å². The van der Waals surface area contributed by atoms with Crippen LogP contribution >= 0.6 is 0 Å². The van der Waals surface area contributed by atoms with Gasteiger partial charge in [0.05, 0.1) is 11.0 Å². The van der Waals surface area contributed by atoms with Gasteiger partial charge in [-0.15, -0.1) is 0 Å². The predicted octanol–water partition coefficient (Wildman–Crippen LogP) is 0.805. The van der Waals surface area contributed by atoms with Crippen molar-refractivity contribution in [3.05, 3.63) is 27.9 Å². The Kier molecular flexibility index (Phi) is 4.37. The van der Waals surface area contributed by atoms with Crippen molar-refractivity contribution in [1.82, 2.24) is 9.88 Å². The number of amides is 1. The Labute approximate surface area is 121 Å². The van der Waals surface area contributed by atoms with Crippen molar-refractivity contribution in [2.24, 2.45) is 5.92 Å². The molecule has 0 radical (unpaired) electrons. The fraction of sp³-hybridized carbons (Fsp3) is 0.538. The van der Waals surface area contributed by atoms with Gasteiger partial charge in [-0.1, -0.05) is 0 Å². The van der Waals surface area contributed by atoms with Crippen LogP contribution in [0.3, 0.4) is 0 Å². The maximum atomic E-state index is 12.4. The van der Waals surface area contributed by atoms with Crippen LogP contribution in [0, 0.1) is 16.0 Å². The Morgan fingerprint density at radius 2 is 2.19 bits per heavy atom. The van der Waals surface area contributed by atoms with Crippen LogP contribution in [-0.4, -0.2) is 45.0 Å². The summed E-state index contributed by atoms with van der Waals surface area (Å²) in [5.41, 5.74) is 5.14. The molecule has 1 amide bonds. The van der Waals surface area contributed by atoms with E-state index in [0.717, 1.165) is 6.20 Å². The average Bonchev–Trinajstić information content (AvgIpc) is 2.46. The van der Waals surface area contributed by atoms with E-state index in [2.05, 4.69) is 4.98 Å². The molecule has 1 aliphatic rings. The van der Waals surface area contributed by atoms with E-state index in [4.69, 9.17) is 5.73 Å². The maximum Gasteiger partial charge on any atom is 0.300 e. The topological polar surface area (TPSA) is 123 Å². The number of nitrogens with two attached hydrogens (primary N) is 1. The lowest BCUT2D eigenvalue weighted by molar-refractivity contribution is -0.385. The Morgan fingerprint density at radius 3 is 2.71 bits per heavy atom. The summed E-state index contributed by atoms with van der Waals surface area (Å²) in [4.78, 5) is 28.0. The second kappa shape index (κ2) is 6.04. The molecule has 2 heterocycles. The van der Waals surface area contributed by atoms with Crippen molar-refractivity contribution >= 4 is 17.4 Å². The van der Waals surface area contributed by atoms with Gasteiger partial charge in [0.25, 0.3) is 11.6 Å². The number of hydrogen-bond donors (Lipinski definition) is 2. The number of piperidine rings is 1. The highest BCUT2D eigenvalue weighted by molar-refractivity contribution is 5.98. The number of aliphatic hydroxyl groups is 1. The standard InChI is InChI=1S/C13H18N4O4/c1-8(18)9-2-4-16(5-3-9)13(19)10-6-12(14)15-7-11(10)17(20)21/h6-9,18H,2-5H2,1H3,(H2,14,15). The molecule has 1 aromatic heterocycles. The van der Waals surface area contributed by atoms with Crippen LogP contribution in [0.4, 0.5) is 11.5 Å². The normalized spacial score (nSPS) is 17.5. The Bertz CT molecular complexity index is 553. The number of nitrogen functional groups attached to an aromatic ring is 1. The second-order valence-corrected chi connectivity index (χ2v) is 5.25. The summed E-state index contributed by atoms with van der Waals surface area (Å²) in [5, 5.41) is 20.5. The van der Waals surface area contributed by atoms with Crippen molar-refractivity contribution < 1.29 is 14.8 Å². The first-order valence-corrected chi connectivity index (χ1v) is 6.77. The highest BCUT2D eigenvalue weighted by Crippen LogP contribution is 2.25. The molecule has 0 spiro atoms. The van der Waals surface area contributed by atoms with Gasteiger partial charge in [0, 0.05) is 13.1 Å². The van der Waals surface area contributed by atoms with Crippen LogP contribution in [0.1, 0.15) is 30.1 Å². The number of hydrogen-bond acceptors (Lipinski definition) is 6. The highest BCUT2D eigenvalue weighted by atomic mass is 16.6. The van der Waals surface area contributed by atoms with Gasteiger partial charge in [0.1, 0.15) is 17.6 Å². The first-order chi connectivity index (χ1) is 9.90. The van der Waals surface area contributed by atoms with Crippen LogP contribution in [0.2, 0.25) is 0 Å². The molecule has 1 saturated heterocycles. The number of pyridine rings is 1. The molecule has 8 nitrogen and oxygen atoms in total. The third-order valence-electron chi connectivity index (χ3n) is 3.84. The molecule has 2 rings (SSSR count). The number of likely N-dealkylation sites (tertiary alicyclic amines) is 1. The fourth-order valence-corrected chi connectivity index (χ4v) is 2.54. The van der Waals surface area contributed by atoms with Crippen LogP contribution < -0.4 is 5.73 Å². The lowest BCUT2D eigenvalue weighted by Gasteiger charge is -2.33. The molecule has 1 fully saturated rings. The molecule has 0 aromatic carbocycles. The minimum absolute atomic E-state index is 0.0389. The van der Waals surface area contributed by atoms with E-state index in [-0.39, 0.29) is 23.0 Å². The Morgan fingerprint density at radius 1 is 1.57 bits per heavy atom. The Balaban J connectivity index is 2.18. The predicted molar refractivity (Wildman–Crippen MR) is 75.6 cm³/mol. The molecule has 21 heavy (non-hydrogen) atoms. The van der Waals surface area contributed by atoms with Crippen molar-refractivity contribution in [2.75, 3.05) is 18.8 Å². The molecular formula is C13H18N4O4. The lowest BCUT2D eigenvalue weighted by Crippen LogP contribution is -2.41. The van der Waals surface area contributed by atoms with Gasteiger partial charge < -0.3 is 15.7 Å². The molecule has 3 N–H and O–H groups in total. The van der Waals surface area contributed by atoms with Crippen LogP contribution in [0.25, 0.3) is 0 Å². The molecule has 114 valence electrons. The van der Waals surface area contributed by atoms with Crippen LogP contribution in [0.15, 0.2) is 12.3 Å². The van der Waals surface area contributed by atoms with Crippen molar-refractivity contribution in [1.29, 1.82) is 0 Å². The van der Waals surface area contributed by atoms with Crippen molar-refractivity contribution in [3.8, 4) is 0 Å². The minimum atomic E-state index is -0.637. The molecular weight excluding hydrogens is 276 g/mol. The smallest absolute Gasteiger partial charge is 0.300 e. The van der Waals surface area contributed by atoms with Gasteiger partial charge in [-0.05, 0) is 31.7 Å². The van der Waals surface area contributed by atoms with Gasteiger partial charge in [0.15, 0.2) is 0 Å². The zero-order valence-corrected chi connectivity index (χ0v) is 11.7. The summed E-state index contributed by atoms with van der Waals surface area (Å²) in [7, 11) is 0. The number of aromatic nitrogens is 1. The number of carbonyl (C=O) groups is 1. The minimum Gasteiger partial charge on any atom is -0.393 e. The average molecular weight is 294 g/mol.